The highest BCUT2D eigenvalue weighted by molar-refractivity contribution is 5.74. The van der Waals surface area contributed by atoms with Crippen molar-refractivity contribution in [1.29, 1.82) is 5.26 Å². The van der Waals surface area contributed by atoms with Crippen LogP contribution in [0.1, 0.15) is 26.7 Å². The Morgan fingerprint density at radius 1 is 1.69 bits per heavy atom. The topological polar surface area (TPSA) is 65.4 Å². The lowest BCUT2D eigenvalue weighted by atomic mass is 10.2. The first-order chi connectivity index (χ1) is 7.65. The van der Waals surface area contributed by atoms with Crippen molar-refractivity contribution in [3.63, 3.8) is 0 Å². The molecule has 90 valence electrons. The fourth-order valence-electron chi connectivity index (χ4n) is 1.67. The first-order valence-electron chi connectivity index (χ1n) is 5.67. The molecule has 0 spiro atoms. The SMILES string of the molecule is CC(C)N(CCC#N)C(=O)NC1CCOC1. The number of nitrogens with one attached hydrogen (secondary N) is 1. The average Bonchev–Trinajstić information content (AvgIpc) is 2.70. The van der Waals surface area contributed by atoms with E-state index in [-0.39, 0.29) is 18.1 Å². The molecule has 5 heteroatoms. The number of nitriles is 1. The van der Waals surface area contributed by atoms with E-state index in [0.717, 1.165) is 6.42 Å². The zero-order valence-corrected chi connectivity index (χ0v) is 9.90. The molecule has 2 amide bonds. The molecule has 16 heavy (non-hydrogen) atoms. The van der Waals surface area contributed by atoms with Crippen LogP contribution in [-0.2, 0) is 4.74 Å². The third-order valence-electron chi connectivity index (χ3n) is 2.61. The maximum absolute atomic E-state index is 11.9. The van der Waals surface area contributed by atoms with Gasteiger partial charge < -0.3 is 15.0 Å². The predicted molar refractivity (Wildman–Crippen MR) is 59.8 cm³/mol. The van der Waals surface area contributed by atoms with Gasteiger partial charge in [0.2, 0.25) is 0 Å². The molecule has 5 nitrogen and oxygen atoms in total. The van der Waals surface area contributed by atoms with Gasteiger partial charge in [0.1, 0.15) is 0 Å². The summed E-state index contributed by atoms with van der Waals surface area (Å²) in [5.41, 5.74) is 0. The number of amides is 2. The Hall–Kier alpha value is -1.28. The van der Waals surface area contributed by atoms with Gasteiger partial charge in [-0.2, -0.15) is 5.26 Å². The Morgan fingerprint density at radius 2 is 2.44 bits per heavy atom. The van der Waals surface area contributed by atoms with E-state index >= 15 is 0 Å². The van der Waals surface area contributed by atoms with Gasteiger partial charge in [0.15, 0.2) is 0 Å². The van der Waals surface area contributed by atoms with Gasteiger partial charge in [0, 0.05) is 19.2 Å². The van der Waals surface area contributed by atoms with Gasteiger partial charge in [-0.05, 0) is 20.3 Å². The number of rotatable bonds is 4. The van der Waals surface area contributed by atoms with Gasteiger partial charge in [-0.1, -0.05) is 0 Å². The lowest BCUT2D eigenvalue weighted by molar-refractivity contribution is 0.170. The highest BCUT2D eigenvalue weighted by Crippen LogP contribution is 2.06. The minimum absolute atomic E-state index is 0.0965. The van der Waals surface area contributed by atoms with Gasteiger partial charge in [0.25, 0.3) is 0 Å². The average molecular weight is 225 g/mol. The molecule has 1 aliphatic heterocycles. The van der Waals surface area contributed by atoms with Crippen LogP contribution in [0.3, 0.4) is 0 Å². The van der Waals surface area contributed by atoms with Crippen molar-refractivity contribution >= 4 is 6.03 Å². The van der Waals surface area contributed by atoms with E-state index in [2.05, 4.69) is 11.4 Å². The number of hydrogen-bond acceptors (Lipinski definition) is 3. The number of carbonyl (C=O) groups excluding carboxylic acids is 1. The van der Waals surface area contributed by atoms with Crippen molar-refractivity contribution in [2.24, 2.45) is 0 Å². The van der Waals surface area contributed by atoms with Gasteiger partial charge in [-0.25, -0.2) is 4.79 Å². The second kappa shape index (κ2) is 6.33. The summed E-state index contributed by atoms with van der Waals surface area (Å²) < 4.78 is 5.19. The van der Waals surface area contributed by atoms with Gasteiger partial charge in [0.05, 0.1) is 25.1 Å². The van der Waals surface area contributed by atoms with Gasteiger partial charge >= 0.3 is 6.03 Å². The van der Waals surface area contributed by atoms with Crippen molar-refractivity contribution in [3.8, 4) is 6.07 Å². The van der Waals surface area contributed by atoms with Crippen molar-refractivity contribution in [2.45, 2.75) is 38.8 Å². The van der Waals surface area contributed by atoms with Crippen molar-refractivity contribution < 1.29 is 9.53 Å². The van der Waals surface area contributed by atoms with E-state index in [9.17, 15) is 4.79 Å². The molecule has 0 aromatic heterocycles. The minimum atomic E-state index is -0.0965. The molecule has 0 radical (unpaired) electrons. The lowest BCUT2D eigenvalue weighted by Crippen LogP contribution is -2.48. The van der Waals surface area contributed by atoms with E-state index in [4.69, 9.17) is 10.00 Å². The molecule has 1 unspecified atom stereocenters. The van der Waals surface area contributed by atoms with Gasteiger partial charge in [-0.3, -0.25) is 0 Å². The number of urea groups is 1. The summed E-state index contributed by atoms with van der Waals surface area (Å²) in [5.74, 6) is 0. The number of nitrogens with zero attached hydrogens (tertiary/aromatic N) is 2. The van der Waals surface area contributed by atoms with Crippen LogP contribution in [0, 0.1) is 11.3 Å². The highest BCUT2D eigenvalue weighted by atomic mass is 16.5. The van der Waals surface area contributed by atoms with Crippen LogP contribution in [0.4, 0.5) is 4.79 Å². The summed E-state index contributed by atoms with van der Waals surface area (Å²) in [6.07, 6.45) is 1.24. The van der Waals surface area contributed by atoms with Crippen LogP contribution in [0.15, 0.2) is 0 Å². The fourth-order valence-corrected chi connectivity index (χ4v) is 1.67. The number of carbonyl (C=O) groups is 1. The molecule has 1 saturated heterocycles. The highest BCUT2D eigenvalue weighted by Gasteiger charge is 2.22. The third-order valence-corrected chi connectivity index (χ3v) is 2.61. The van der Waals surface area contributed by atoms with Crippen molar-refractivity contribution in [1.82, 2.24) is 10.2 Å². The summed E-state index contributed by atoms with van der Waals surface area (Å²) in [7, 11) is 0. The molecule has 1 aliphatic rings. The van der Waals surface area contributed by atoms with E-state index in [1.807, 2.05) is 13.8 Å². The fraction of sp³-hybridized carbons (Fsp3) is 0.818. The summed E-state index contributed by atoms with van der Waals surface area (Å²) in [6.45, 7) is 5.68. The monoisotopic (exact) mass is 225 g/mol. The minimum Gasteiger partial charge on any atom is -0.379 e. The Morgan fingerprint density at radius 3 is 2.94 bits per heavy atom. The standard InChI is InChI=1S/C11H19N3O2/c1-9(2)14(6-3-5-12)11(15)13-10-4-7-16-8-10/h9-10H,3-4,6-8H2,1-2H3,(H,13,15). The molecular formula is C11H19N3O2. The Balaban J connectivity index is 2.43. The summed E-state index contributed by atoms with van der Waals surface area (Å²) in [6, 6.07) is 2.19. The second-order valence-electron chi connectivity index (χ2n) is 4.21. The first-order valence-corrected chi connectivity index (χ1v) is 5.67. The van der Waals surface area contributed by atoms with E-state index in [1.165, 1.54) is 0 Å². The summed E-state index contributed by atoms with van der Waals surface area (Å²) in [5, 5.41) is 11.5. The molecule has 0 bridgehead atoms. The predicted octanol–water partition coefficient (Wildman–Crippen LogP) is 1.11. The third kappa shape index (κ3) is 3.70. The van der Waals surface area contributed by atoms with Crippen molar-refractivity contribution in [3.05, 3.63) is 0 Å². The van der Waals surface area contributed by atoms with E-state index in [1.54, 1.807) is 4.90 Å². The molecule has 0 aliphatic carbocycles. The Bertz CT molecular complexity index is 267. The lowest BCUT2D eigenvalue weighted by Gasteiger charge is -2.27. The molecular weight excluding hydrogens is 206 g/mol. The normalized spacial score (nSPS) is 19.5. The van der Waals surface area contributed by atoms with Crippen LogP contribution in [0.5, 0.6) is 0 Å². The van der Waals surface area contributed by atoms with Crippen LogP contribution in [0.25, 0.3) is 0 Å². The number of hydrogen-bond donors (Lipinski definition) is 1. The zero-order valence-electron chi connectivity index (χ0n) is 9.90. The maximum Gasteiger partial charge on any atom is 0.317 e. The first kappa shape index (κ1) is 12.8. The molecule has 1 atom stereocenters. The smallest absolute Gasteiger partial charge is 0.317 e. The summed E-state index contributed by atoms with van der Waals surface area (Å²) in [4.78, 5) is 13.6. The Kier molecular flexibility index (Phi) is 5.06. The van der Waals surface area contributed by atoms with Crippen LogP contribution < -0.4 is 5.32 Å². The largest absolute Gasteiger partial charge is 0.379 e. The van der Waals surface area contributed by atoms with Gasteiger partial charge in [-0.15, -0.1) is 0 Å². The maximum atomic E-state index is 11.9. The van der Waals surface area contributed by atoms with E-state index in [0.29, 0.717) is 26.2 Å². The Labute approximate surface area is 96.4 Å². The molecule has 1 N–H and O–H groups in total. The molecule has 0 aromatic carbocycles. The molecule has 1 heterocycles. The summed E-state index contributed by atoms with van der Waals surface area (Å²) >= 11 is 0. The van der Waals surface area contributed by atoms with E-state index < -0.39 is 0 Å². The molecule has 0 aromatic rings. The van der Waals surface area contributed by atoms with Crippen LogP contribution >= 0.6 is 0 Å². The molecule has 1 fully saturated rings. The molecule has 1 rings (SSSR count). The number of ether oxygens (including phenoxy) is 1. The van der Waals surface area contributed by atoms with Crippen molar-refractivity contribution in [2.75, 3.05) is 19.8 Å². The quantitative estimate of drug-likeness (QED) is 0.779. The second-order valence-corrected chi connectivity index (χ2v) is 4.21. The van der Waals surface area contributed by atoms with Crippen LogP contribution in [-0.4, -0.2) is 42.8 Å². The zero-order chi connectivity index (χ0) is 12.0. The van der Waals surface area contributed by atoms with Crippen LogP contribution in [0.2, 0.25) is 0 Å². The molecule has 0 saturated carbocycles.